The number of hydrogen-bond acceptors (Lipinski definition) is 4. The molecule has 0 unspecified atom stereocenters. The van der Waals surface area contributed by atoms with Crippen LogP contribution in [-0.2, 0) is 4.74 Å². The molecule has 1 aromatic carbocycles. The molecule has 0 saturated heterocycles. The van der Waals surface area contributed by atoms with Crippen LogP contribution in [0.1, 0.15) is 45.6 Å². The van der Waals surface area contributed by atoms with Crippen LogP contribution < -0.4 is 15.8 Å². The predicted molar refractivity (Wildman–Crippen MR) is 89.2 cm³/mol. The Morgan fingerprint density at radius 2 is 1.95 bits per heavy atom. The van der Waals surface area contributed by atoms with Crippen molar-refractivity contribution < 1.29 is 14.3 Å². The van der Waals surface area contributed by atoms with Crippen LogP contribution in [0.2, 0.25) is 0 Å². The molecular weight excluding hydrogens is 280 g/mol. The number of hydrogen-bond donors (Lipinski definition) is 2. The van der Waals surface area contributed by atoms with Gasteiger partial charge < -0.3 is 20.5 Å². The molecule has 5 heteroatoms. The van der Waals surface area contributed by atoms with Crippen molar-refractivity contribution in [3.05, 3.63) is 23.8 Å². The number of ether oxygens (including phenoxy) is 2. The molecule has 1 aromatic rings. The largest absolute Gasteiger partial charge is 0.491 e. The Hall–Kier alpha value is -1.91. The van der Waals surface area contributed by atoms with E-state index < -0.39 is 5.60 Å². The van der Waals surface area contributed by atoms with Gasteiger partial charge in [0.1, 0.15) is 11.4 Å². The van der Waals surface area contributed by atoms with E-state index in [0.717, 1.165) is 30.6 Å². The predicted octanol–water partition coefficient (Wildman–Crippen LogP) is 3.65. The number of unbranched alkanes of at least 4 members (excludes halogenated alkanes) is 2. The average Bonchev–Trinajstić information content (AvgIpc) is 2.39. The summed E-state index contributed by atoms with van der Waals surface area (Å²) in [7, 11) is 0. The standard InChI is InChI=1S/C17H28N2O3/c1-13-8-9-14(18)15(12-13)21-11-7-5-6-10-19-16(20)22-17(2,3)4/h8-9,12H,5-7,10-11,18H2,1-4H3,(H,19,20). The van der Waals surface area contributed by atoms with E-state index in [9.17, 15) is 4.79 Å². The van der Waals surface area contributed by atoms with Crippen LogP contribution in [0.15, 0.2) is 18.2 Å². The summed E-state index contributed by atoms with van der Waals surface area (Å²) in [6, 6.07) is 5.76. The average molecular weight is 308 g/mol. The highest BCUT2D eigenvalue weighted by Crippen LogP contribution is 2.22. The molecule has 0 aliphatic heterocycles. The molecule has 0 atom stereocenters. The van der Waals surface area contributed by atoms with Crippen molar-refractivity contribution in [3.8, 4) is 5.75 Å². The zero-order chi connectivity index (χ0) is 16.6. The summed E-state index contributed by atoms with van der Waals surface area (Å²) >= 11 is 0. The minimum Gasteiger partial charge on any atom is -0.491 e. The lowest BCUT2D eigenvalue weighted by Gasteiger charge is -2.19. The molecule has 3 N–H and O–H groups in total. The van der Waals surface area contributed by atoms with E-state index in [1.807, 2.05) is 45.9 Å². The summed E-state index contributed by atoms with van der Waals surface area (Å²) in [5.41, 5.74) is 7.19. The van der Waals surface area contributed by atoms with Gasteiger partial charge in [0.25, 0.3) is 0 Å². The lowest BCUT2D eigenvalue weighted by Crippen LogP contribution is -2.33. The number of amides is 1. The molecule has 0 bridgehead atoms. The number of nitrogens with one attached hydrogen (secondary N) is 1. The van der Waals surface area contributed by atoms with Gasteiger partial charge in [-0.15, -0.1) is 0 Å². The van der Waals surface area contributed by atoms with Gasteiger partial charge in [0, 0.05) is 6.54 Å². The number of nitrogen functional groups attached to an aromatic ring is 1. The van der Waals surface area contributed by atoms with Crippen LogP contribution in [-0.4, -0.2) is 24.8 Å². The maximum absolute atomic E-state index is 11.4. The first-order valence-electron chi connectivity index (χ1n) is 7.74. The van der Waals surface area contributed by atoms with Gasteiger partial charge in [-0.1, -0.05) is 6.07 Å². The molecule has 0 spiro atoms. The third-order valence-corrected chi connectivity index (χ3v) is 2.92. The molecule has 5 nitrogen and oxygen atoms in total. The van der Waals surface area contributed by atoms with Gasteiger partial charge in [0.15, 0.2) is 0 Å². The second kappa shape index (κ2) is 8.51. The lowest BCUT2D eigenvalue weighted by atomic mass is 10.2. The van der Waals surface area contributed by atoms with E-state index in [1.165, 1.54) is 0 Å². The van der Waals surface area contributed by atoms with Gasteiger partial charge >= 0.3 is 6.09 Å². The topological polar surface area (TPSA) is 73.6 Å². The van der Waals surface area contributed by atoms with Crippen molar-refractivity contribution in [1.82, 2.24) is 5.32 Å². The molecule has 0 aromatic heterocycles. The first-order valence-corrected chi connectivity index (χ1v) is 7.74. The number of aryl methyl sites for hydroxylation is 1. The molecule has 1 amide bonds. The van der Waals surface area contributed by atoms with Crippen LogP contribution in [0.5, 0.6) is 5.75 Å². The Balaban J connectivity index is 2.09. The molecule has 0 fully saturated rings. The van der Waals surface area contributed by atoms with Gasteiger partial charge in [0.2, 0.25) is 0 Å². The number of carbonyl (C=O) groups excluding carboxylic acids is 1. The first kappa shape index (κ1) is 18.1. The van der Waals surface area contributed by atoms with Gasteiger partial charge in [-0.2, -0.15) is 0 Å². The van der Waals surface area contributed by atoms with E-state index in [1.54, 1.807) is 0 Å². The van der Waals surface area contributed by atoms with Gasteiger partial charge in [-0.25, -0.2) is 4.79 Å². The summed E-state index contributed by atoms with van der Waals surface area (Å²) in [5, 5.41) is 2.74. The minimum atomic E-state index is -0.453. The molecular formula is C17H28N2O3. The number of nitrogens with two attached hydrogens (primary N) is 1. The van der Waals surface area contributed by atoms with Crippen molar-refractivity contribution in [1.29, 1.82) is 0 Å². The molecule has 0 radical (unpaired) electrons. The zero-order valence-electron chi connectivity index (χ0n) is 14.1. The fourth-order valence-electron chi connectivity index (χ4n) is 1.86. The Morgan fingerprint density at radius 3 is 2.64 bits per heavy atom. The summed E-state index contributed by atoms with van der Waals surface area (Å²) in [6.07, 6.45) is 2.42. The lowest BCUT2D eigenvalue weighted by molar-refractivity contribution is 0.0527. The summed E-state index contributed by atoms with van der Waals surface area (Å²) in [5.74, 6) is 0.742. The van der Waals surface area contributed by atoms with Gasteiger partial charge in [0.05, 0.1) is 12.3 Å². The second-order valence-corrected chi connectivity index (χ2v) is 6.38. The van der Waals surface area contributed by atoms with Crippen molar-refractivity contribution in [2.75, 3.05) is 18.9 Å². The molecule has 0 aliphatic rings. The van der Waals surface area contributed by atoms with Crippen LogP contribution in [0.25, 0.3) is 0 Å². The Labute approximate surface area is 133 Å². The second-order valence-electron chi connectivity index (χ2n) is 6.38. The van der Waals surface area contributed by atoms with E-state index in [2.05, 4.69) is 5.32 Å². The summed E-state index contributed by atoms with van der Waals surface area (Å²) in [6.45, 7) is 8.79. The maximum atomic E-state index is 11.4. The molecule has 0 saturated carbocycles. The Bertz CT molecular complexity index is 481. The third kappa shape index (κ3) is 7.76. The Morgan fingerprint density at radius 1 is 1.23 bits per heavy atom. The number of benzene rings is 1. The van der Waals surface area contributed by atoms with E-state index in [4.69, 9.17) is 15.2 Å². The highest BCUT2D eigenvalue weighted by atomic mass is 16.6. The fourth-order valence-corrected chi connectivity index (χ4v) is 1.86. The van der Waals surface area contributed by atoms with Crippen LogP contribution in [0, 0.1) is 6.92 Å². The number of alkyl carbamates (subject to hydrolysis) is 1. The van der Waals surface area contributed by atoms with Crippen LogP contribution in [0.3, 0.4) is 0 Å². The Kier molecular flexibility index (Phi) is 7.02. The number of carbonyl (C=O) groups is 1. The zero-order valence-corrected chi connectivity index (χ0v) is 14.1. The molecule has 22 heavy (non-hydrogen) atoms. The van der Waals surface area contributed by atoms with E-state index in [-0.39, 0.29) is 6.09 Å². The normalized spacial score (nSPS) is 11.1. The summed E-state index contributed by atoms with van der Waals surface area (Å²) < 4.78 is 10.8. The SMILES string of the molecule is Cc1ccc(N)c(OCCCCCNC(=O)OC(C)(C)C)c1. The molecule has 1 rings (SSSR count). The van der Waals surface area contributed by atoms with Crippen molar-refractivity contribution in [3.63, 3.8) is 0 Å². The maximum Gasteiger partial charge on any atom is 0.407 e. The van der Waals surface area contributed by atoms with Crippen molar-refractivity contribution >= 4 is 11.8 Å². The third-order valence-electron chi connectivity index (χ3n) is 2.92. The van der Waals surface area contributed by atoms with Gasteiger partial charge in [-0.05, 0) is 64.7 Å². The first-order chi connectivity index (χ1) is 10.3. The number of anilines is 1. The molecule has 0 heterocycles. The van der Waals surface area contributed by atoms with Crippen LogP contribution >= 0.6 is 0 Å². The molecule has 0 aliphatic carbocycles. The minimum absolute atomic E-state index is 0.365. The number of rotatable bonds is 7. The van der Waals surface area contributed by atoms with E-state index in [0.29, 0.717) is 18.8 Å². The van der Waals surface area contributed by atoms with E-state index >= 15 is 0 Å². The quantitative estimate of drug-likeness (QED) is 0.595. The van der Waals surface area contributed by atoms with Gasteiger partial charge in [-0.3, -0.25) is 0 Å². The highest BCUT2D eigenvalue weighted by molar-refractivity contribution is 5.67. The highest BCUT2D eigenvalue weighted by Gasteiger charge is 2.15. The van der Waals surface area contributed by atoms with Crippen molar-refractivity contribution in [2.45, 2.75) is 52.6 Å². The summed E-state index contributed by atoms with van der Waals surface area (Å²) in [4.78, 5) is 11.4. The fraction of sp³-hybridized carbons (Fsp3) is 0.588. The smallest absolute Gasteiger partial charge is 0.407 e. The monoisotopic (exact) mass is 308 g/mol. The van der Waals surface area contributed by atoms with Crippen LogP contribution in [0.4, 0.5) is 10.5 Å². The molecule has 124 valence electrons. The van der Waals surface area contributed by atoms with Crippen molar-refractivity contribution in [2.24, 2.45) is 0 Å².